The fourth-order valence-electron chi connectivity index (χ4n) is 2.51. The zero-order chi connectivity index (χ0) is 19.3. The second-order valence-electron chi connectivity index (χ2n) is 5.63. The molecule has 0 aliphatic rings. The number of benzene rings is 2. The second kappa shape index (κ2) is 8.55. The highest BCUT2D eigenvalue weighted by Gasteiger charge is 2.29. The van der Waals surface area contributed by atoms with Crippen LogP contribution in [-0.4, -0.2) is 32.4 Å². The standard InChI is InChI=1S/C18H21FN2O3S2/c1-4-25-17-11-6-5-10-16(17)20-18(22)13(2)21(26(3,23)24)15-9-7-8-14(19)12-15/h5-13H,4H2,1-3H3,(H,20,22). The normalized spacial score (nSPS) is 12.5. The van der Waals surface area contributed by atoms with E-state index in [4.69, 9.17) is 0 Å². The van der Waals surface area contributed by atoms with Gasteiger partial charge in [-0.05, 0) is 43.0 Å². The maximum atomic E-state index is 13.5. The van der Waals surface area contributed by atoms with Crippen molar-refractivity contribution in [2.24, 2.45) is 0 Å². The van der Waals surface area contributed by atoms with E-state index in [1.54, 1.807) is 23.9 Å². The monoisotopic (exact) mass is 396 g/mol. The Kier molecular flexibility index (Phi) is 6.66. The molecule has 2 aromatic rings. The number of hydrogen-bond acceptors (Lipinski definition) is 4. The van der Waals surface area contributed by atoms with Gasteiger partial charge in [-0.25, -0.2) is 12.8 Å². The van der Waals surface area contributed by atoms with Crippen molar-refractivity contribution in [3.05, 3.63) is 54.3 Å². The first-order valence-electron chi connectivity index (χ1n) is 8.01. The maximum absolute atomic E-state index is 13.5. The van der Waals surface area contributed by atoms with Crippen LogP contribution in [0.2, 0.25) is 0 Å². The summed E-state index contributed by atoms with van der Waals surface area (Å²) >= 11 is 1.57. The van der Waals surface area contributed by atoms with E-state index >= 15 is 0 Å². The van der Waals surface area contributed by atoms with E-state index < -0.39 is 27.8 Å². The van der Waals surface area contributed by atoms with E-state index in [2.05, 4.69) is 5.32 Å². The van der Waals surface area contributed by atoms with Crippen LogP contribution in [0.5, 0.6) is 0 Å². The number of nitrogens with one attached hydrogen (secondary N) is 1. The summed E-state index contributed by atoms with van der Waals surface area (Å²) in [5.41, 5.74) is 0.718. The van der Waals surface area contributed by atoms with Crippen LogP contribution in [0.4, 0.5) is 15.8 Å². The number of nitrogens with zero attached hydrogens (tertiary/aromatic N) is 1. The largest absolute Gasteiger partial charge is 0.323 e. The van der Waals surface area contributed by atoms with Crippen molar-refractivity contribution in [1.29, 1.82) is 0 Å². The topological polar surface area (TPSA) is 66.5 Å². The maximum Gasteiger partial charge on any atom is 0.248 e. The van der Waals surface area contributed by atoms with Crippen LogP contribution in [0, 0.1) is 5.82 Å². The lowest BCUT2D eigenvalue weighted by molar-refractivity contribution is -0.116. The van der Waals surface area contributed by atoms with E-state index in [9.17, 15) is 17.6 Å². The summed E-state index contributed by atoms with van der Waals surface area (Å²) in [5, 5.41) is 2.77. The predicted octanol–water partition coefficient (Wildman–Crippen LogP) is 3.73. The smallest absolute Gasteiger partial charge is 0.248 e. The van der Waals surface area contributed by atoms with E-state index in [1.807, 2.05) is 19.1 Å². The molecule has 2 aromatic carbocycles. The van der Waals surface area contributed by atoms with Crippen LogP contribution in [0.15, 0.2) is 53.4 Å². The predicted molar refractivity (Wildman–Crippen MR) is 105 cm³/mol. The van der Waals surface area contributed by atoms with Gasteiger partial charge >= 0.3 is 0 Å². The molecule has 1 N–H and O–H groups in total. The first-order chi connectivity index (χ1) is 12.2. The number of para-hydroxylation sites is 1. The molecule has 0 aromatic heterocycles. The Morgan fingerprint density at radius 1 is 1.23 bits per heavy atom. The average Bonchev–Trinajstić information content (AvgIpc) is 2.55. The molecule has 1 atom stereocenters. The average molecular weight is 397 g/mol. The van der Waals surface area contributed by atoms with Crippen molar-refractivity contribution >= 4 is 39.1 Å². The molecule has 0 fully saturated rings. The second-order valence-corrected chi connectivity index (χ2v) is 8.80. The third-order valence-corrected chi connectivity index (χ3v) is 5.79. The molecule has 0 radical (unpaired) electrons. The van der Waals surface area contributed by atoms with Gasteiger partial charge in [-0.15, -0.1) is 11.8 Å². The van der Waals surface area contributed by atoms with Gasteiger partial charge in [0.15, 0.2) is 0 Å². The summed E-state index contributed by atoms with van der Waals surface area (Å²) in [5.74, 6) is -0.237. The number of thioether (sulfide) groups is 1. The molecule has 140 valence electrons. The lowest BCUT2D eigenvalue weighted by Crippen LogP contribution is -2.45. The molecule has 1 amide bonds. The molecule has 5 nitrogen and oxygen atoms in total. The molecule has 0 saturated carbocycles. The summed E-state index contributed by atoms with van der Waals surface area (Å²) in [7, 11) is -3.79. The molecular formula is C18H21FN2O3S2. The Bertz CT molecular complexity index is 888. The van der Waals surface area contributed by atoms with Crippen molar-refractivity contribution in [1.82, 2.24) is 0 Å². The molecule has 0 saturated heterocycles. The highest BCUT2D eigenvalue weighted by atomic mass is 32.2. The van der Waals surface area contributed by atoms with Crippen molar-refractivity contribution in [3.63, 3.8) is 0 Å². The van der Waals surface area contributed by atoms with Crippen molar-refractivity contribution in [2.75, 3.05) is 21.6 Å². The SMILES string of the molecule is CCSc1ccccc1NC(=O)C(C)N(c1cccc(F)c1)S(C)(=O)=O. The number of sulfonamides is 1. The fraction of sp³-hybridized carbons (Fsp3) is 0.278. The Morgan fingerprint density at radius 3 is 2.54 bits per heavy atom. The zero-order valence-electron chi connectivity index (χ0n) is 14.8. The first kappa shape index (κ1) is 20.3. The zero-order valence-corrected chi connectivity index (χ0v) is 16.4. The summed E-state index contributed by atoms with van der Waals surface area (Å²) in [6, 6.07) is 11.4. The Labute approximate surface area is 157 Å². The highest BCUT2D eigenvalue weighted by molar-refractivity contribution is 7.99. The summed E-state index contributed by atoms with van der Waals surface area (Å²) < 4.78 is 38.9. The summed E-state index contributed by atoms with van der Waals surface area (Å²) in [4.78, 5) is 13.6. The van der Waals surface area contributed by atoms with Gasteiger partial charge in [-0.1, -0.05) is 25.1 Å². The number of amides is 1. The Balaban J connectivity index is 2.32. The lowest BCUT2D eigenvalue weighted by Gasteiger charge is -2.28. The van der Waals surface area contributed by atoms with E-state index in [-0.39, 0.29) is 5.69 Å². The molecule has 8 heteroatoms. The van der Waals surface area contributed by atoms with E-state index in [0.717, 1.165) is 27.3 Å². The third-order valence-electron chi connectivity index (χ3n) is 3.60. The minimum absolute atomic E-state index is 0.103. The van der Waals surface area contributed by atoms with Gasteiger partial charge in [-0.3, -0.25) is 9.10 Å². The van der Waals surface area contributed by atoms with Crippen LogP contribution in [0.3, 0.4) is 0 Å². The third kappa shape index (κ3) is 4.98. The molecule has 1 unspecified atom stereocenters. The van der Waals surface area contributed by atoms with Crippen LogP contribution in [0.25, 0.3) is 0 Å². The van der Waals surface area contributed by atoms with Crippen LogP contribution >= 0.6 is 11.8 Å². The lowest BCUT2D eigenvalue weighted by atomic mass is 10.2. The van der Waals surface area contributed by atoms with Gasteiger partial charge in [0, 0.05) is 4.90 Å². The number of anilines is 2. The molecular weight excluding hydrogens is 375 g/mol. The Morgan fingerprint density at radius 2 is 1.92 bits per heavy atom. The van der Waals surface area contributed by atoms with Crippen molar-refractivity contribution in [3.8, 4) is 0 Å². The van der Waals surface area contributed by atoms with Crippen LogP contribution in [0.1, 0.15) is 13.8 Å². The number of rotatable bonds is 7. The molecule has 0 spiro atoms. The number of carbonyl (C=O) groups excluding carboxylic acids is 1. The van der Waals surface area contributed by atoms with Gasteiger partial charge in [0.1, 0.15) is 11.9 Å². The van der Waals surface area contributed by atoms with Gasteiger partial charge in [0.2, 0.25) is 15.9 Å². The van der Waals surface area contributed by atoms with Gasteiger partial charge in [0.25, 0.3) is 0 Å². The van der Waals surface area contributed by atoms with E-state index in [1.165, 1.54) is 25.1 Å². The molecule has 0 aliphatic carbocycles. The molecule has 26 heavy (non-hydrogen) atoms. The summed E-state index contributed by atoms with van der Waals surface area (Å²) in [6.45, 7) is 3.47. The molecule has 2 rings (SSSR count). The first-order valence-corrected chi connectivity index (χ1v) is 10.8. The van der Waals surface area contributed by atoms with Crippen LogP contribution in [-0.2, 0) is 14.8 Å². The van der Waals surface area contributed by atoms with Gasteiger partial charge in [-0.2, -0.15) is 0 Å². The number of carbonyl (C=O) groups is 1. The quantitative estimate of drug-likeness (QED) is 0.724. The molecule has 0 bridgehead atoms. The van der Waals surface area contributed by atoms with Crippen molar-refractivity contribution < 1.29 is 17.6 Å². The minimum atomic E-state index is -3.79. The minimum Gasteiger partial charge on any atom is -0.323 e. The molecule has 0 aliphatic heterocycles. The summed E-state index contributed by atoms with van der Waals surface area (Å²) in [6.07, 6.45) is 0.989. The Hall–Kier alpha value is -2.06. The van der Waals surface area contributed by atoms with Crippen molar-refractivity contribution in [2.45, 2.75) is 24.8 Å². The van der Waals surface area contributed by atoms with Gasteiger partial charge in [0.05, 0.1) is 17.6 Å². The van der Waals surface area contributed by atoms with Gasteiger partial charge < -0.3 is 5.32 Å². The van der Waals surface area contributed by atoms with Crippen LogP contribution < -0.4 is 9.62 Å². The fourth-order valence-corrected chi connectivity index (χ4v) is 4.44. The molecule has 0 heterocycles. The number of halogens is 1. The van der Waals surface area contributed by atoms with E-state index in [0.29, 0.717) is 5.69 Å². The highest BCUT2D eigenvalue weighted by Crippen LogP contribution is 2.28. The number of hydrogen-bond donors (Lipinski definition) is 1.